The van der Waals surface area contributed by atoms with Crippen molar-refractivity contribution in [3.8, 4) is 11.5 Å². The second kappa shape index (κ2) is 6.41. The first-order chi connectivity index (χ1) is 9.60. The van der Waals surface area contributed by atoms with Gasteiger partial charge < -0.3 is 15.8 Å². The van der Waals surface area contributed by atoms with Crippen LogP contribution in [0, 0.1) is 0 Å². The number of nitrogens with two attached hydrogens (primary N) is 1. The van der Waals surface area contributed by atoms with Crippen LogP contribution in [0.25, 0.3) is 0 Å². The highest BCUT2D eigenvalue weighted by molar-refractivity contribution is 6.32. The number of carbonyl (C=O) groups is 1. The Morgan fingerprint density at radius 3 is 2.75 bits per heavy atom. The third kappa shape index (κ3) is 3.50. The summed E-state index contributed by atoms with van der Waals surface area (Å²) in [6, 6.07) is 12.4. The molecule has 104 valence electrons. The van der Waals surface area contributed by atoms with Gasteiger partial charge in [-0.25, -0.2) is 0 Å². The minimum atomic E-state index is -0.519. The lowest BCUT2D eigenvalue weighted by atomic mass is 10.2. The molecule has 0 saturated heterocycles. The van der Waals surface area contributed by atoms with Crippen molar-refractivity contribution in [3.63, 3.8) is 0 Å². The molecule has 5 heteroatoms. The van der Waals surface area contributed by atoms with Crippen molar-refractivity contribution in [2.75, 3.05) is 7.05 Å². The molecule has 4 nitrogen and oxygen atoms in total. The molecule has 20 heavy (non-hydrogen) atoms. The van der Waals surface area contributed by atoms with Crippen molar-refractivity contribution in [2.45, 2.75) is 6.54 Å². The monoisotopic (exact) mass is 290 g/mol. The standard InChI is InChI=1S/C15H15ClN2O2/c1-18-9-10-3-2-4-12(7-10)20-14-6-5-11(15(17)19)8-13(14)16/h2-8,18H,9H2,1H3,(H2,17,19). The van der Waals surface area contributed by atoms with Crippen LogP contribution in [0.2, 0.25) is 5.02 Å². The summed E-state index contributed by atoms with van der Waals surface area (Å²) in [6.07, 6.45) is 0. The van der Waals surface area contributed by atoms with Gasteiger partial charge in [-0.2, -0.15) is 0 Å². The molecule has 3 N–H and O–H groups in total. The molecule has 0 aliphatic carbocycles. The molecule has 2 aromatic carbocycles. The number of hydrogen-bond acceptors (Lipinski definition) is 3. The maximum absolute atomic E-state index is 11.1. The highest BCUT2D eigenvalue weighted by Gasteiger charge is 2.07. The van der Waals surface area contributed by atoms with Crippen molar-refractivity contribution in [1.29, 1.82) is 0 Å². The van der Waals surface area contributed by atoms with Crippen LogP contribution in [0.5, 0.6) is 11.5 Å². The highest BCUT2D eigenvalue weighted by Crippen LogP contribution is 2.30. The summed E-state index contributed by atoms with van der Waals surface area (Å²) < 4.78 is 5.72. The minimum absolute atomic E-state index is 0.348. The Balaban J connectivity index is 2.21. The molecule has 0 spiro atoms. The predicted molar refractivity (Wildman–Crippen MR) is 79.2 cm³/mol. The molecule has 0 unspecified atom stereocenters. The Bertz CT molecular complexity index is 629. The summed E-state index contributed by atoms with van der Waals surface area (Å²) in [5.41, 5.74) is 6.65. The van der Waals surface area contributed by atoms with E-state index in [4.69, 9.17) is 22.1 Å². The predicted octanol–water partition coefficient (Wildman–Crippen LogP) is 2.95. The average molecular weight is 291 g/mol. The van der Waals surface area contributed by atoms with Gasteiger partial charge in [0, 0.05) is 12.1 Å². The summed E-state index contributed by atoms with van der Waals surface area (Å²) in [5.74, 6) is 0.652. The lowest BCUT2D eigenvalue weighted by Gasteiger charge is -2.09. The molecular formula is C15H15ClN2O2. The molecule has 0 atom stereocenters. The Morgan fingerprint density at radius 2 is 2.10 bits per heavy atom. The zero-order valence-electron chi connectivity index (χ0n) is 11.0. The second-order valence-corrected chi connectivity index (χ2v) is 4.70. The summed E-state index contributed by atoms with van der Waals surface area (Å²) in [6.45, 7) is 0.756. The van der Waals surface area contributed by atoms with Gasteiger partial charge in [0.25, 0.3) is 0 Å². The van der Waals surface area contributed by atoms with Crippen LogP contribution in [-0.2, 0) is 6.54 Å². The maximum Gasteiger partial charge on any atom is 0.248 e. The topological polar surface area (TPSA) is 64.3 Å². The van der Waals surface area contributed by atoms with Gasteiger partial charge in [-0.1, -0.05) is 23.7 Å². The van der Waals surface area contributed by atoms with Crippen molar-refractivity contribution < 1.29 is 9.53 Å². The summed E-state index contributed by atoms with van der Waals surface area (Å²) in [5, 5.41) is 3.42. The van der Waals surface area contributed by atoms with E-state index in [1.165, 1.54) is 6.07 Å². The Morgan fingerprint density at radius 1 is 1.30 bits per heavy atom. The van der Waals surface area contributed by atoms with Crippen molar-refractivity contribution in [2.24, 2.45) is 5.73 Å². The van der Waals surface area contributed by atoms with E-state index in [2.05, 4.69) is 5.32 Å². The SMILES string of the molecule is CNCc1cccc(Oc2ccc(C(N)=O)cc2Cl)c1. The molecule has 0 aliphatic rings. The van der Waals surface area contributed by atoms with Crippen LogP contribution in [-0.4, -0.2) is 13.0 Å². The van der Waals surface area contributed by atoms with Crippen LogP contribution in [0.3, 0.4) is 0 Å². The number of benzene rings is 2. The Hall–Kier alpha value is -2.04. The van der Waals surface area contributed by atoms with Gasteiger partial charge in [0.2, 0.25) is 5.91 Å². The van der Waals surface area contributed by atoms with Gasteiger partial charge in [0.15, 0.2) is 0 Å². The van der Waals surface area contributed by atoms with E-state index >= 15 is 0 Å². The smallest absolute Gasteiger partial charge is 0.248 e. The minimum Gasteiger partial charge on any atom is -0.456 e. The lowest BCUT2D eigenvalue weighted by molar-refractivity contribution is 0.100. The number of nitrogens with one attached hydrogen (secondary N) is 1. The van der Waals surface area contributed by atoms with Gasteiger partial charge in [-0.05, 0) is 42.9 Å². The molecule has 0 bridgehead atoms. The van der Waals surface area contributed by atoms with Crippen LogP contribution >= 0.6 is 11.6 Å². The highest BCUT2D eigenvalue weighted by atomic mass is 35.5. The van der Waals surface area contributed by atoms with Gasteiger partial charge in [-0.15, -0.1) is 0 Å². The van der Waals surface area contributed by atoms with Gasteiger partial charge in [-0.3, -0.25) is 4.79 Å². The number of primary amides is 1. The van der Waals surface area contributed by atoms with Gasteiger partial charge in [0.05, 0.1) is 5.02 Å². The van der Waals surface area contributed by atoms with Crippen molar-refractivity contribution >= 4 is 17.5 Å². The molecule has 0 fully saturated rings. The number of halogens is 1. The Labute approximate surface area is 122 Å². The summed E-state index contributed by atoms with van der Waals surface area (Å²) in [7, 11) is 1.88. The molecule has 1 amide bonds. The Kier molecular flexibility index (Phi) is 4.61. The van der Waals surface area contributed by atoms with Gasteiger partial charge in [0.1, 0.15) is 11.5 Å². The molecule has 0 aliphatic heterocycles. The normalized spacial score (nSPS) is 10.3. The van der Waals surface area contributed by atoms with Crippen LogP contribution < -0.4 is 15.8 Å². The first-order valence-electron chi connectivity index (χ1n) is 6.11. The van der Waals surface area contributed by atoms with Gasteiger partial charge >= 0.3 is 0 Å². The zero-order valence-corrected chi connectivity index (χ0v) is 11.8. The van der Waals surface area contributed by atoms with E-state index in [9.17, 15) is 4.79 Å². The van der Waals surface area contributed by atoms with E-state index < -0.39 is 5.91 Å². The molecule has 0 radical (unpaired) electrons. The fraction of sp³-hybridized carbons (Fsp3) is 0.133. The van der Waals surface area contributed by atoms with E-state index in [0.29, 0.717) is 22.1 Å². The third-order valence-electron chi connectivity index (χ3n) is 2.72. The third-order valence-corrected chi connectivity index (χ3v) is 3.02. The number of amides is 1. The van der Waals surface area contributed by atoms with Crippen molar-refractivity contribution in [1.82, 2.24) is 5.32 Å². The molecule has 0 heterocycles. The van der Waals surface area contributed by atoms with E-state index in [0.717, 1.165) is 12.1 Å². The molecule has 0 aromatic heterocycles. The van der Waals surface area contributed by atoms with Crippen LogP contribution in [0.1, 0.15) is 15.9 Å². The maximum atomic E-state index is 11.1. The quantitative estimate of drug-likeness (QED) is 0.890. The fourth-order valence-corrected chi connectivity index (χ4v) is 2.01. The molecule has 2 rings (SSSR count). The van der Waals surface area contributed by atoms with Crippen LogP contribution in [0.4, 0.5) is 0 Å². The molecule has 0 saturated carbocycles. The summed E-state index contributed by atoms with van der Waals surface area (Å²) in [4.78, 5) is 11.1. The average Bonchev–Trinajstić information content (AvgIpc) is 2.42. The van der Waals surface area contributed by atoms with Crippen molar-refractivity contribution in [3.05, 3.63) is 58.6 Å². The second-order valence-electron chi connectivity index (χ2n) is 4.29. The zero-order chi connectivity index (χ0) is 14.5. The van der Waals surface area contributed by atoms with E-state index in [1.54, 1.807) is 12.1 Å². The lowest BCUT2D eigenvalue weighted by Crippen LogP contribution is -2.10. The number of rotatable bonds is 5. The molecule has 2 aromatic rings. The fourth-order valence-electron chi connectivity index (χ4n) is 1.79. The first kappa shape index (κ1) is 14.4. The largest absolute Gasteiger partial charge is 0.456 e. The summed E-state index contributed by atoms with van der Waals surface area (Å²) >= 11 is 6.08. The number of hydrogen-bond donors (Lipinski definition) is 2. The molecular weight excluding hydrogens is 276 g/mol. The number of ether oxygens (including phenoxy) is 1. The van der Waals surface area contributed by atoms with E-state index in [1.807, 2.05) is 31.3 Å². The first-order valence-corrected chi connectivity index (χ1v) is 6.48. The van der Waals surface area contributed by atoms with E-state index in [-0.39, 0.29) is 0 Å². The van der Waals surface area contributed by atoms with Crippen LogP contribution in [0.15, 0.2) is 42.5 Å². The number of carbonyl (C=O) groups excluding carboxylic acids is 1.